The van der Waals surface area contributed by atoms with Crippen LogP contribution in [0, 0.1) is 41.5 Å². The van der Waals surface area contributed by atoms with Crippen LogP contribution in [-0.4, -0.2) is 0 Å². The van der Waals surface area contributed by atoms with E-state index in [-0.39, 0.29) is 0 Å². The van der Waals surface area contributed by atoms with Crippen molar-refractivity contribution in [1.82, 2.24) is 0 Å². The summed E-state index contributed by atoms with van der Waals surface area (Å²) in [5, 5.41) is 2.75. The molecule has 4 aromatic carbocycles. The molecule has 0 radical (unpaired) electrons. The second-order valence-electron chi connectivity index (χ2n) is 9.72. The third-order valence-electron chi connectivity index (χ3n) is 6.19. The van der Waals surface area contributed by atoms with E-state index in [1.807, 2.05) is 37.3 Å². The Labute approximate surface area is 241 Å². The molecule has 0 nitrogen and oxygen atoms in total. The van der Waals surface area contributed by atoms with Gasteiger partial charge in [0.1, 0.15) is 0 Å². The van der Waals surface area contributed by atoms with E-state index in [4.69, 9.17) is 0 Å². The zero-order chi connectivity index (χ0) is 28.6. The smallest absolute Gasteiger partial charge is 0.00170 e. The molecule has 0 fully saturated rings. The summed E-state index contributed by atoms with van der Waals surface area (Å²) in [5.41, 5.74) is 7.80. The van der Waals surface area contributed by atoms with Crippen molar-refractivity contribution in [2.45, 2.75) is 55.4 Å². The Kier molecular flexibility index (Phi) is 13.8. The van der Waals surface area contributed by atoms with Crippen LogP contribution in [0.15, 0.2) is 109 Å². The van der Waals surface area contributed by atoms with Gasteiger partial charge in [-0.25, -0.2) is 0 Å². The van der Waals surface area contributed by atoms with Crippen LogP contribution in [0.25, 0.3) is 22.9 Å². The molecule has 0 atom stereocenters. The van der Waals surface area contributed by atoms with E-state index in [1.165, 1.54) is 53.9 Å². The van der Waals surface area contributed by atoms with Gasteiger partial charge in [-0.15, -0.1) is 11.3 Å². The summed E-state index contributed by atoms with van der Waals surface area (Å²) in [6.07, 6.45) is 8.29. The van der Waals surface area contributed by atoms with Crippen molar-refractivity contribution in [3.8, 4) is 0 Å². The highest BCUT2D eigenvalue weighted by atomic mass is 32.1. The molecular formula is C38H44S. The van der Waals surface area contributed by atoms with E-state index in [9.17, 15) is 0 Å². The summed E-state index contributed by atoms with van der Waals surface area (Å²) >= 11 is 1.84. The summed E-state index contributed by atoms with van der Waals surface area (Å²) < 4.78 is 0. The van der Waals surface area contributed by atoms with Gasteiger partial charge in [0.05, 0.1) is 0 Å². The first-order valence-corrected chi connectivity index (χ1v) is 14.4. The van der Waals surface area contributed by atoms with Crippen molar-refractivity contribution >= 4 is 34.3 Å². The quantitative estimate of drug-likeness (QED) is 0.157. The van der Waals surface area contributed by atoms with Crippen molar-refractivity contribution in [2.75, 3.05) is 0 Å². The lowest BCUT2D eigenvalue weighted by Crippen LogP contribution is -1.80. The van der Waals surface area contributed by atoms with Gasteiger partial charge in [0, 0.05) is 9.75 Å². The van der Waals surface area contributed by atoms with Crippen LogP contribution < -0.4 is 0 Å². The molecule has 5 aromatic rings. The van der Waals surface area contributed by atoms with Crippen LogP contribution in [0.5, 0.6) is 0 Å². The van der Waals surface area contributed by atoms with E-state index in [1.54, 1.807) is 0 Å². The number of benzene rings is 4. The van der Waals surface area contributed by atoms with Crippen LogP contribution in [0.4, 0.5) is 0 Å². The van der Waals surface area contributed by atoms with Gasteiger partial charge >= 0.3 is 0 Å². The standard InChI is InChI=1S/C16H16.C12H12.C6H8S.C4H8/c1-13-3-7-15(8-4-13)11-12-16-9-5-14(2)6-10-16;1-9-7-8-10(2)12-6-4-3-5-11(9)12;1-5-3-4-6(2)7-5;1-3-4-2/h3-12H,1-2H3;3-8H,1-2H3;3-4H,1-2H3;3-4H,1-2H3/b12-11+;;;4-3+. The molecule has 0 aliphatic carbocycles. The molecule has 0 aliphatic rings. The molecule has 1 aromatic heterocycles. The summed E-state index contributed by atoms with van der Waals surface area (Å²) in [5.74, 6) is 0. The molecule has 1 heterocycles. The average molecular weight is 533 g/mol. The molecule has 0 N–H and O–H groups in total. The molecule has 39 heavy (non-hydrogen) atoms. The molecule has 0 bridgehead atoms. The Morgan fingerprint density at radius 1 is 0.436 bits per heavy atom. The highest BCUT2D eigenvalue weighted by molar-refractivity contribution is 7.11. The van der Waals surface area contributed by atoms with Crippen molar-refractivity contribution in [3.63, 3.8) is 0 Å². The molecule has 202 valence electrons. The van der Waals surface area contributed by atoms with E-state index >= 15 is 0 Å². The largest absolute Gasteiger partial charge is 0.146 e. The molecule has 0 amide bonds. The predicted octanol–water partition coefficient (Wildman–Crippen LogP) is 11.9. The number of fused-ring (bicyclic) bond motifs is 1. The molecule has 0 saturated carbocycles. The van der Waals surface area contributed by atoms with Crippen molar-refractivity contribution in [2.24, 2.45) is 0 Å². The molecule has 0 unspecified atom stereocenters. The summed E-state index contributed by atoms with van der Waals surface area (Å²) in [6, 6.07) is 34.3. The Morgan fingerprint density at radius 3 is 1.08 bits per heavy atom. The Hall–Kier alpha value is -3.68. The Bertz CT molecular complexity index is 1340. The highest BCUT2D eigenvalue weighted by Crippen LogP contribution is 2.21. The van der Waals surface area contributed by atoms with Crippen molar-refractivity contribution in [1.29, 1.82) is 0 Å². The zero-order valence-corrected chi connectivity index (χ0v) is 25.8. The second kappa shape index (κ2) is 17.0. The first-order valence-electron chi connectivity index (χ1n) is 13.6. The fraction of sp³-hybridized carbons (Fsp3) is 0.211. The minimum atomic E-state index is 1.24. The molecular weight excluding hydrogens is 488 g/mol. The number of allylic oxidation sites excluding steroid dienone is 2. The first kappa shape index (κ1) is 31.5. The minimum Gasteiger partial charge on any atom is -0.146 e. The Morgan fingerprint density at radius 2 is 0.795 bits per heavy atom. The van der Waals surface area contributed by atoms with Gasteiger partial charge in [-0.05, 0) is 101 Å². The number of aryl methyl sites for hydroxylation is 6. The van der Waals surface area contributed by atoms with E-state index < -0.39 is 0 Å². The maximum absolute atomic E-state index is 2.18. The van der Waals surface area contributed by atoms with Gasteiger partial charge in [-0.1, -0.05) is 120 Å². The van der Waals surface area contributed by atoms with E-state index in [0.717, 1.165) is 0 Å². The maximum atomic E-state index is 2.18. The van der Waals surface area contributed by atoms with Crippen LogP contribution in [0.2, 0.25) is 0 Å². The highest BCUT2D eigenvalue weighted by Gasteiger charge is 1.97. The average Bonchev–Trinajstić information content (AvgIpc) is 3.34. The third-order valence-corrected chi connectivity index (χ3v) is 7.11. The van der Waals surface area contributed by atoms with Gasteiger partial charge in [-0.2, -0.15) is 0 Å². The summed E-state index contributed by atoms with van der Waals surface area (Å²) in [7, 11) is 0. The van der Waals surface area contributed by atoms with Crippen molar-refractivity contribution < 1.29 is 0 Å². The molecule has 1 heteroatoms. The monoisotopic (exact) mass is 532 g/mol. The minimum absolute atomic E-state index is 1.24. The van der Waals surface area contributed by atoms with Crippen LogP contribution in [0.3, 0.4) is 0 Å². The van der Waals surface area contributed by atoms with Gasteiger partial charge in [0.15, 0.2) is 0 Å². The topological polar surface area (TPSA) is 0 Å². The van der Waals surface area contributed by atoms with E-state index in [0.29, 0.717) is 0 Å². The molecule has 5 rings (SSSR count). The molecule has 0 saturated heterocycles. The van der Waals surface area contributed by atoms with Crippen LogP contribution in [0.1, 0.15) is 57.0 Å². The number of thiophene rings is 1. The second-order valence-corrected chi connectivity index (χ2v) is 11.2. The predicted molar refractivity (Wildman–Crippen MR) is 179 cm³/mol. The number of hydrogen-bond acceptors (Lipinski definition) is 1. The maximum Gasteiger partial charge on any atom is 0.00170 e. The Balaban J connectivity index is 0.000000203. The van der Waals surface area contributed by atoms with Gasteiger partial charge < -0.3 is 0 Å². The summed E-state index contributed by atoms with van der Waals surface area (Å²) in [4.78, 5) is 2.80. The fourth-order valence-corrected chi connectivity index (χ4v) is 4.48. The first-order chi connectivity index (χ1) is 18.7. The normalized spacial score (nSPS) is 10.4. The molecule has 0 aliphatic heterocycles. The van der Waals surface area contributed by atoms with Gasteiger partial charge in [-0.3, -0.25) is 0 Å². The molecule has 0 spiro atoms. The fourth-order valence-electron chi connectivity index (χ4n) is 3.70. The number of rotatable bonds is 2. The lowest BCUT2D eigenvalue weighted by molar-refractivity contribution is 1.46. The number of hydrogen-bond donors (Lipinski definition) is 0. The SMILES string of the molecule is C/C=C/C.Cc1ccc(/C=C/c2ccc(C)cc2)cc1.Cc1ccc(C)c2ccccc12.Cc1ccc(C)s1. The van der Waals surface area contributed by atoms with Gasteiger partial charge in [0.25, 0.3) is 0 Å². The van der Waals surface area contributed by atoms with Crippen LogP contribution in [-0.2, 0) is 0 Å². The summed E-state index contributed by atoms with van der Waals surface area (Å²) in [6.45, 7) is 16.8. The zero-order valence-electron chi connectivity index (χ0n) is 25.0. The van der Waals surface area contributed by atoms with Crippen molar-refractivity contribution in [3.05, 3.63) is 152 Å². The lowest BCUT2D eigenvalue weighted by atomic mass is 10.0. The lowest BCUT2D eigenvalue weighted by Gasteiger charge is -2.03. The van der Waals surface area contributed by atoms with E-state index in [2.05, 4.69) is 151 Å². The third kappa shape index (κ3) is 11.7. The van der Waals surface area contributed by atoms with Crippen LogP contribution >= 0.6 is 11.3 Å². The van der Waals surface area contributed by atoms with Gasteiger partial charge in [0.2, 0.25) is 0 Å².